The third-order valence-corrected chi connectivity index (χ3v) is 3.74. The second kappa shape index (κ2) is 6.68. The fraction of sp³-hybridized carbons (Fsp3) is 0.176. The first kappa shape index (κ1) is 16.6. The van der Waals surface area contributed by atoms with Crippen molar-refractivity contribution < 1.29 is 18.9 Å². The highest BCUT2D eigenvalue weighted by Gasteiger charge is 2.25. The van der Waals surface area contributed by atoms with E-state index in [0.29, 0.717) is 5.56 Å². The Labute approximate surface area is 142 Å². The maximum atomic E-state index is 13.7. The number of rotatable bonds is 5. The standard InChI is InChI=1S/C17H14FN3O4/c18-13-9-10(5-8-15(13)21(24)25)16(22)20-14-4-2-1-3-12(14)17(23)19-11-6-7-11/h1-5,8-9,11H,6-7H2,(H,19,23)(H,20,22). The monoisotopic (exact) mass is 343 g/mol. The van der Waals surface area contributed by atoms with Crippen molar-refractivity contribution in [2.24, 2.45) is 0 Å². The molecule has 3 rings (SSSR count). The molecule has 2 aromatic rings. The maximum Gasteiger partial charge on any atom is 0.304 e. The van der Waals surface area contributed by atoms with Crippen molar-refractivity contribution in [1.29, 1.82) is 0 Å². The molecule has 8 heteroatoms. The van der Waals surface area contributed by atoms with Crippen LogP contribution >= 0.6 is 0 Å². The number of amides is 2. The molecule has 25 heavy (non-hydrogen) atoms. The number of nitro groups is 1. The third-order valence-electron chi connectivity index (χ3n) is 3.74. The summed E-state index contributed by atoms with van der Waals surface area (Å²) in [6.45, 7) is 0. The number of benzene rings is 2. The van der Waals surface area contributed by atoms with Gasteiger partial charge in [0.15, 0.2) is 0 Å². The van der Waals surface area contributed by atoms with E-state index in [4.69, 9.17) is 0 Å². The molecule has 0 atom stereocenters. The molecule has 0 unspecified atom stereocenters. The van der Waals surface area contributed by atoms with Gasteiger partial charge in [-0.2, -0.15) is 4.39 Å². The van der Waals surface area contributed by atoms with E-state index in [1.165, 1.54) is 0 Å². The molecule has 128 valence electrons. The summed E-state index contributed by atoms with van der Waals surface area (Å²) in [5, 5.41) is 16.0. The van der Waals surface area contributed by atoms with Crippen molar-refractivity contribution in [1.82, 2.24) is 5.32 Å². The minimum absolute atomic E-state index is 0.0829. The van der Waals surface area contributed by atoms with Crippen molar-refractivity contribution >= 4 is 23.2 Å². The number of hydrogen-bond acceptors (Lipinski definition) is 4. The van der Waals surface area contributed by atoms with E-state index in [2.05, 4.69) is 10.6 Å². The largest absolute Gasteiger partial charge is 0.349 e. The minimum Gasteiger partial charge on any atom is -0.349 e. The van der Waals surface area contributed by atoms with Crippen molar-refractivity contribution in [3.05, 3.63) is 69.5 Å². The molecule has 2 amide bonds. The summed E-state index contributed by atoms with van der Waals surface area (Å²) >= 11 is 0. The Morgan fingerprint density at radius 1 is 1.12 bits per heavy atom. The number of hydrogen-bond donors (Lipinski definition) is 2. The highest BCUT2D eigenvalue weighted by molar-refractivity contribution is 6.09. The average molecular weight is 343 g/mol. The van der Waals surface area contributed by atoms with Gasteiger partial charge in [0.25, 0.3) is 11.8 Å². The molecule has 1 aliphatic rings. The smallest absolute Gasteiger partial charge is 0.304 e. The van der Waals surface area contributed by atoms with Gasteiger partial charge in [0.2, 0.25) is 5.82 Å². The molecular formula is C17H14FN3O4. The molecule has 2 N–H and O–H groups in total. The Balaban J connectivity index is 1.80. The van der Waals surface area contributed by atoms with Crippen LogP contribution in [0.2, 0.25) is 0 Å². The summed E-state index contributed by atoms with van der Waals surface area (Å²) in [7, 11) is 0. The van der Waals surface area contributed by atoms with Crippen LogP contribution in [0.1, 0.15) is 33.6 Å². The van der Waals surface area contributed by atoms with Gasteiger partial charge in [-0.05, 0) is 37.1 Å². The van der Waals surface area contributed by atoms with Gasteiger partial charge in [-0.25, -0.2) is 0 Å². The van der Waals surface area contributed by atoms with Crippen molar-refractivity contribution in [2.45, 2.75) is 18.9 Å². The summed E-state index contributed by atoms with van der Waals surface area (Å²) in [5.74, 6) is -2.06. The van der Waals surface area contributed by atoms with Gasteiger partial charge in [0.1, 0.15) is 0 Å². The van der Waals surface area contributed by atoms with E-state index in [1.807, 2.05) is 0 Å². The van der Waals surface area contributed by atoms with E-state index in [-0.39, 0.29) is 23.2 Å². The van der Waals surface area contributed by atoms with Crippen LogP contribution in [0.3, 0.4) is 0 Å². The van der Waals surface area contributed by atoms with Crippen LogP contribution in [0.4, 0.5) is 15.8 Å². The summed E-state index contributed by atoms with van der Waals surface area (Å²) in [4.78, 5) is 34.2. The van der Waals surface area contributed by atoms with Gasteiger partial charge in [-0.1, -0.05) is 12.1 Å². The van der Waals surface area contributed by atoms with Crippen LogP contribution < -0.4 is 10.6 Å². The zero-order valence-electron chi connectivity index (χ0n) is 13.0. The molecule has 1 fully saturated rings. The van der Waals surface area contributed by atoms with Gasteiger partial charge in [0.05, 0.1) is 16.2 Å². The number of carbonyl (C=O) groups is 2. The summed E-state index contributed by atoms with van der Waals surface area (Å²) in [6, 6.07) is 9.49. The molecular weight excluding hydrogens is 329 g/mol. The lowest BCUT2D eigenvalue weighted by molar-refractivity contribution is -0.387. The highest BCUT2D eigenvalue weighted by atomic mass is 19.1. The first-order chi connectivity index (χ1) is 12.0. The van der Waals surface area contributed by atoms with Crippen LogP contribution in [-0.2, 0) is 0 Å². The second-order valence-corrected chi connectivity index (χ2v) is 5.67. The third kappa shape index (κ3) is 3.79. The zero-order valence-corrected chi connectivity index (χ0v) is 13.0. The molecule has 1 aliphatic carbocycles. The van der Waals surface area contributed by atoms with Crippen LogP contribution in [0.5, 0.6) is 0 Å². The Bertz CT molecular complexity index is 865. The lowest BCUT2D eigenvalue weighted by atomic mass is 10.1. The number of carbonyl (C=O) groups excluding carboxylic acids is 2. The predicted molar refractivity (Wildman–Crippen MR) is 87.9 cm³/mol. The summed E-state index contributed by atoms with van der Waals surface area (Å²) in [6.07, 6.45) is 1.87. The van der Waals surface area contributed by atoms with Gasteiger partial charge in [-0.3, -0.25) is 19.7 Å². The number of nitrogens with zero attached hydrogens (tertiary/aromatic N) is 1. The second-order valence-electron chi connectivity index (χ2n) is 5.67. The van der Waals surface area contributed by atoms with Crippen LogP contribution in [-0.4, -0.2) is 22.8 Å². The molecule has 2 aromatic carbocycles. The molecule has 0 radical (unpaired) electrons. The van der Waals surface area contributed by atoms with Crippen molar-refractivity contribution in [2.75, 3.05) is 5.32 Å². The molecule has 0 heterocycles. The number of halogens is 1. The molecule has 0 aromatic heterocycles. The zero-order chi connectivity index (χ0) is 18.0. The fourth-order valence-electron chi connectivity index (χ4n) is 2.27. The van der Waals surface area contributed by atoms with Crippen LogP contribution in [0, 0.1) is 15.9 Å². The van der Waals surface area contributed by atoms with Gasteiger partial charge >= 0.3 is 5.69 Å². The quantitative estimate of drug-likeness (QED) is 0.644. The Morgan fingerprint density at radius 2 is 1.84 bits per heavy atom. The predicted octanol–water partition coefficient (Wildman–Crippen LogP) is 2.88. The van der Waals surface area contributed by atoms with E-state index in [9.17, 15) is 24.1 Å². The minimum atomic E-state index is -1.10. The van der Waals surface area contributed by atoms with Crippen LogP contribution in [0.15, 0.2) is 42.5 Å². The topological polar surface area (TPSA) is 101 Å². The lowest BCUT2D eigenvalue weighted by Crippen LogP contribution is -2.27. The summed E-state index contributed by atoms with van der Waals surface area (Å²) in [5.41, 5.74) is -0.212. The van der Waals surface area contributed by atoms with E-state index in [1.54, 1.807) is 24.3 Å². The SMILES string of the molecule is O=C(Nc1ccccc1C(=O)NC1CC1)c1ccc([N+](=O)[O-])c(F)c1. The Kier molecular flexibility index (Phi) is 4.42. The fourth-order valence-corrected chi connectivity index (χ4v) is 2.27. The Hall–Kier alpha value is -3.29. The van der Waals surface area contributed by atoms with Crippen molar-refractivity contribution in [3.8, 4) is 0 Å². The van der Waals surface area contributed by atoms with Gasteiger partial charge in [-0.15, -0.1) is 0 Å². The first-order valence-electron chi connectivity index (χ1n) is 7.61. The first-order valence-corrected chi connectivity index (χ1v) is 7.61. The molecule has 0 aliphatic heterocycles. The normalized spacial score (nSPS) is 13.2. The molecule has 0 bridgehead atoms. The Morgan fingerprint density at radius 3 is 2.48 bits per heavy atom. The van der Waals surface area contributed by atoms with Crippen molar-refractivity contribution in [3.63, 3.8) is 0 Å². The average Bonchev–Trinajstić information content (AvgIpc) is 3.38. The molecule has 0 spiro atoms. The van der Waals surface area contributed by atoms with E-state index >= 15 is 0 Å². The number of nitrogens with one attached hydrogen (secondary N) is 2. The molecule has 7 nitrogen and oxygen atoms in total. The molecule has 1 saturated carbocycles. The highest BCUT2D eigenvalue weighted by Crippen LogP contribution is 2.23. The van der Waals surface area contributed by atoms with E-state index in [0.717, 1.165) is 31.0 Å². The maximum absolute atomic E-state index is 13.7. The number of anilines is 1. The summed E-state index contributed by atoms with van der Waals surface area (Å²) < 4.78 is 13.7. The van der Waals surface area contributed by atoms with E-state index < -0.39 is 22.3 Å². The molecule has 0 saturated heterocycles. The lowest BCUT2D eigenvalue weighted by Gasteiger charge is -2.11. The number of para-hydroxylation sites is 1. The number of nitro benzene ring substituents is 1. The van der Waals surface area contributed by atoms with Crippen LogP contribution in [0.25, 0.3) is 0 Å². The van der Waals surface area contributed by atoms with Gasteiger partial charge in [0, 0.05) is 17.7 Å². The van der Waals surface area contributed by atoms with Gasteiger partial charge < -0.3 is 10.6 Å².